The van der Waals surface area contributed by atoms with Crippen molar-refractivity contribution in [2.75, 3.05) is 0 Å². The molecule has 0 aliphatic rings. The number of aromatic nitrogens is 2. The Hall–Kier alpha value is -3.00. The fraction of sp³-hybridized carbons (Fsp3) is 0. The van der Waals surface area contributed by atoms with Crippen LogP contribution >= 0.6 is 0 Å². The molecule has 2 aromatic heterocycles. The first-order valence-electron chi connectivity index (χ1n) is 7.28. The van der Waals surface area contributed by atoms with Crippen LogP contribution in [0.15, 0.2) is 85.1 Å². The predicted octanol–water partition coefficient (Wildman–Crippen LogP) is 4.96. The molecule has 0 unspecified atom stereocenters. The van der Waals surface area contributed by atoms with Gasteiger partial charge in [0.25, 0.3) is 0 Å². The van der Waals surface area contributed by atoms with Gasteiger partial charge in [-0.15, -0.1) is 0 Å². The molecule has 0 saturated carbocycles. The summed E-state index contributed by atoms with van der Waals surface area (Å²) in [5.74, 6) is 0. The summed E-state index contributed by atoms with van der Waals surface area (Å²) in [6.45, 7) is 0. The molecule has 2 heteroatoms. The Morgan fingerprint density at radius 2 is 1.32 bits per heavy atom. The van der Waals surface area contributed by atoms with Gasteiger partial charge in [-0.05, 0) is 23.8 Å². The summed E-state index contributed by atoms with van der Waals surface area (Å²) >= 11 is 0. The summed E-state index contributed by atoms with van der Waals surface area (Å²) < 4.78 is 0. The largest absolute Gasteiger partial charge is 0.254 e. The molecule has 4 rings (SSSR count). The average molecular weight is 282 g/mol. The van der Waals surface area contributed by atoms with Crippen LogP contribution in [0.4, 0.5) is 0 Å². The van der Waals surface area contributed by atoms with Gasteiger partial charge >= 0.3 is 0 Å². The van der Waals surface area contributed by atoms with Crippen molar-refractivity contribution in [1.82, 2.24) is 9.97 Å². The maximum Gasteiger partial charge on any atom is 0.0893 e. The quantitative estimate of drug-likeness (QED) is 0.519. The Bertz CT molecular complexity index is 913. The molecule has 0 saturated heterocycles. The van der Waals surface area contributed by atoms with E-state index in [1.165, 1.54) is 5.56 Å². The van der Waals surface area contributed by atoms with Gasteiger partial charge in [0.2, 0.25) is 0 Å². The number of para-hydroxylation sites is 1. The zero-order valence-electron chi connectivity index (χ0n) is 12.0. The van der Waals surface area contributed by atoms with Crippen molar-refractivity contribution in [2.45, 2.75) is 0 Å². The van der Waals surface area contributed by atoms with Gasteiger partial charge in [0.1, 0.15) is 0 Å². The van der Waals surface area contributed by atoms with Crippen molar-refractivity contribution in [1.29, 1.82) is 0 Å². The zero-order valence-corrected chi connectivity index (χ0v) is 12.0. The van der Waals surface area contributed by atoms with E-state index in [4.69, 9.17) is 0 Å². The van der Waals surface area contributed by atoms with Crippen LogP contribution in [0.2, 0.25) is 0 Å². The molecule has 0 aliphatic heterocycles. The summed E-state index contributed by atoms with van der Waals surface area (Å²) in [6, 6.07) is 26.6. The minimum atomic E-state index is 0.894. The van der Waals surface area contributed by atoms with Gasteiger partial charge < -0.3 is 0 Å². The Balaban J connectivity index is 1.73. The van der Waals surface area contributed by atoms with Crippen LogP contribution in [0, 0.1) is 0 Å². The maximum atomic E-state index is 4.69. The molecule has 0 atom stereocenters. The molecule has 2 heterocycles. The van der Waals surface area contributed by atoms with E-state index >= 15 is 0 Å². The molecule has 0 aliphatic carbocycles. The third-order valence-electron chi connectivity index (χ3n) is 3.73. The topological polar surface area (TPSA) is 25.8 Å². The van der Waals surface area contributed by atoms with Gasteiger partial charge in [0.05, 0.1) is 16.9 Å². The van der Waals surface area contributed by atoms with Crippen molar-refractivity contribution in [2.24, 2.45) is 0 Å². The third kappa shape index (κ3) is 2.35. The van der Waals surface area contributed by atoms with Gasteiger partial charge in [0.15, 0.2) is 0 Å². The van der Waals surface area contributed by atoms with Gasteiger partial charge in [-0.3, -0.25) is 4.98 Å². The molecule has 104 valence electrons. The summed E-state index contributed by atoms with van der Waals surface area (Å²) in [6.07, 6.45) is 1.90. The minimum absolute atomic E-state index is 0.894. The first-order chi connectivity index (χ1) is 10.9. The molecule has 0 N–H and O–H groups in total. The maximum absolute atomic E-state index is 4.69. The van der Waals surface area contributed by atoms with E-state index in [1.54, 1.807) is 0 Å². The number of pyridine rings is 2. The normalized spacial score (nSPS) is 10.7. The molecule has 2 aromatic carbocycles. The molecule has 0 spiro atoms. The lowest BCUT2D eigenvalue weighted by Crippen LogP contribution is -1.89. The molecule has 0 bridgehead atoms. The number of nitrogens with zero attached hydrogens (tertiary/aromatic N) is 2. The van der Waals surface area contributed by atoms with Gasteiger partial charge in [-0.2, -0.15) is 0 Å². The number of rotatable bonds is 2. The minimum Gasteiger partial charge on any atom is -0.254 e. The smallest absolute Gasteiger partial charge is 0.0893 e. The summed E-state index contributed by atoms with van der Waals surface area (Å²) in [5, 5.41) is 1.15. The molecule has 0 radical (unpaired) electrons. The second kappa shape index (κ2) is 5.41. The van der Waals surface area contributed by atoms with Gasteiger partial charge in [-0.25, -0.2) is 4.98 Å². The monoisotopic (exact) mass is 282 g/mol. The summed E-state index contributed by atoms with van der Waals surface area (Å²) in [7, 11) is 0. The van der Waals surface area contributed by atoms with E-state index in [-0.39, 0.29) is 0 Å². The highest BCUT2D eigenvalue weighted by atomic mass is 14.8. The second-order valence-corrected chi connectivity index (χ2v) is 5.19. The molecule has 0 amide bonds. The Kier molecular flexibility index (Phi) is 3.13. The van der Waals surface area contributed by atoms with Crippen LogP contribution < -0.4 is 0 Å². The van der Waals surface area contributed by atoms with Crippen LogP contribution in [0.1, 0.15) is 0 Å². The van der Waals surface area contributed by atoms with E-state index in [0.717, 1.165) is 27.9 Å². The van der Waals surface area contributed by atoms with Gasteiger partial charge in [0, 0.05) is 17.1 Å². The zero-order chi connectivity index (χ0) is 14.8. The Morgan fingerprint density at radius 1 is 0.545 bits per heavy atom. The van der Waals surface area contributed by atoms with Crippen molar-refractivity contribution < 1.29 is 0 Å². The van der Waals surface area contributed by atoms with Crippen LogP contribution in [0.3, 0.4) is 0 Å². The molecular weight excluding hydrogens is 268 g/mol. The highest BCUT2D eigenvalue weighted by Gasteiger charge is 2.04. The number of hydrogen-bond donors (Lipinski definition) is 0. The number of hydrogen-bond acceptors (Lipinski definition) is 2. The standard InChI is InChI=1S/C20H14N2/c1-2-6-15(7-3-1)17-11-12-19(21-14-17)20-13-10-16-8-4-5-9-18(16)22-20/h1-14H. The fourth-order valence-corrected chi connectivity index (χ4v) is 2.56. The van der Waals surface area contributed by atoms with E-state index in [2.05, 4.69) is 40.3 Å². The highest BCUT2D eigenvalue weighted by Crippen LogP contribution is 2.23. The Labute approximate surface area is 129 Å². The predicted molar refractivity (Wildman–Crippen MR) is 90.4 cm³/mol. The summed E-state index contributed by atoms with van der Waals surface area (Å²) in [4.78, 5) is 9.26. The van der Waals surface area contributed by atoms with E-state index in [1.807, 2.05) is 54.7 Å². The van der Waals surface area contributed by atoms with E-state index in [0.29, 0.717) is 0 Å². The number of benzene rings is 2. The van der Waals surface area contributed by atoms with Crippen molar-refractivity contribution in [3.8, 4) is 22.5 Å². The molecular formula is C20H14N2. The van der Waals surface area contributed by atoms with Crippen molar-refractivity contribution >= 4 is 10.9 Å². The van der Waals surface area contributed by atoms with Crippen LogP contribution in [0.25, 0.3) is 33.4 Å². The van der Waals surface area contributed by atoms with E-state index in [9.17, 15) is 0 Å². The van der Waals surface area contributed by atoms with Crippen LogP contribution in [0.5, 0.6) is 0 Å². The lowest BCUT2D eigenvalue weighted by molar-refractivity contribution is 1.28. The first kappa shape index (κ1) is 12.7. The molecule has 0 fully saturated rings. The van der Waals surface area contributed by atoms with Crippen LogP contribution in [-0.4, -0.2) is 9.97 Å². The number of fused-ring (bicyclic) bond motifs is 1. The van der Waals surface area contributed by atoms with Gasteiger partial charge in [-0.1, -0.05) is 60.7 Å². The molecule has 2 nitrogen and oxygen atoms in total. The lowest BCUT2D eigenvalue weighted by atomic mass is 10.1. The van der Waals surface area contributed by atoms with Crippen molar-refractivity contribution in [3.63, 3.8) is 0 Å². The second-order valence-electron chi connectivity index (χ2n) is 5.19. The SMILES string of the molecule is c1ccc(-c2ccc(-c3ccc4ccccc4n3)nc2)cc1. The van der Waals surface area contributed by atoms with Crippen LogP contribution in [-0.2, 0) is 0 Å². The molecule has 4 aromatic rings. The third-order valence-corrected chi connectivity index (χ3v) is 3.73. The van der Waals surface area contributed by atoms with Crippen molar-refractivity contribution in [3.05, 3.63) is 85.1 Å². The fourth-order valence-electron chi connectivity index (χ4n) is 2.56. The molecule has 22 heavy (non-hydrogen) atoms. The average Bonchev–Trinajstić information content (AvgIpc) is 2.62. The lowest BCUT2D eigenvalue weighted by Gasteiger charge is -2.05. The Morgan fingerprint density at radius 3 is 2.14 bits per heavy atom. The first-order valence-corrected chi connectivity index (χ1v) is 7.28. The highest BCUT2D eigenvalue weighted by molar-refractivity contribution is 5.81. The van der Waals surface area contributed by atoms with E-state index < -0.39 is 0 Å². The summed E-state index contributed by atoms with van der Waals surface area (Å²) in [5.41, 5.74) is 5.08.